The van der Waals surface area contributed by atoms with E-state index < -0.39 is 0 Å². The predicted octanol–water partition coefficient (Wildman–Crippen LogP) is 2.42. The Balaban J connectivity index is 2.01. The lowest BCUT2D eigenvalue weighted by atomic mass is 9.70. The molecule has 0 bridgehead atoms. The first-order valence-corrected chi connectivity index (χ1v) is 5.90. The van der Waals surface area contributed by atoms with Crippen LogP contribution in [0, 0.1) is 5.41 Å². The molecule has 1 saturated carbocycles. The molecule has 1 aliphatic carbocycles. The van der Waals surface area contributed by atoms with Crippen LogP contribution in [0.4, 0.5) is 11.8 Å². The molecule has 82 valence electrons. The number of halogens is 1. The van der Waals surface area contributed by atoms with E-state index in [1.165, 1.54) is 19.3 Å². The predicted molar refractivity (Wildman–Crippen MR) is 64.6 cm³/mol. The Bertz CT molecular complexity index is 362. The Morgan fingerprint density at radius 3 is 2.93 bits per heavy atom. The molecule has 1 aromatic heterocycles. The molecule has 0 atom stereocenters. The molecule has 0 saturated heterocycles. The Kier molecular flexibility index (Phi) is 2.82. The molecule has 3 N–H and O–H groups in total. The molecule has 0 aromatic carbocycles. The summed E-state index contributed by atoms with van der Waals surface area (Å²) in [6.45, 7) is 3.24. The molecule has 4 nitrogen and oxygen atoms in total. The Morgan fingerprint density at radius 1 is 1.60 bits per heavy atom. The van der Waals surface area contributed by atoms with Gasteiger partial charge in [-0.2, -0.15) is 4.98 Å². The molecular formula is C10H15BrN4. The maximum atomic E-state index is 5.53. The third-order valence-corrected chi connectivity index (χ3v) is 3.59. The Labute approximate surface area is 97.8 Å². The monoisotopic (exact) mass is 270 g/mol. The van der Waals surface area contributed by atoms with Crippen molar-refractivity contribution in [2.24, 2.45) is 5.41 Å². The highest BCUT2D eigenvalue weighted by atomic mass is 79.9. The number of aromatic nitrogens is 2. The van der Waals surface area contributed by atoms with Gasteiger partial charge in [-0.15, -0.1) is 0 Å². The van der Waals surface area contributed by atoms with E-state index in [9.17, 15) is 0 Å². The highest BCUT2D eigenvalue weighted by Crippen LogP contribution is 2.40. The van der Waals surface area contributed by atoms with Gasteiger partial charge in [-0.25, -0.2) is 4.98 Å². The van der Waals surface area contributed by atoms with Crippen molar-refractivity contribution >= 4 is 27.7 Å². The second-order valence-corrected chi connectivity index (χ2v) is 5.30. The number of hydrogen-bond donors (Lipinski definition) is 2. The summed E-state index contributed by atoms with van der Waals surface area (Å²) in [5, 5.41) is 3.32. The quantitative estimate of drug-likeness (QED) is 0.886. The van der Waals surface area contributed by atoms with Gasteiger partial charge >= 0.3 is 0 Å². The summed E-state index contributed by atoms with van der Waals surface area (Å²) in [5.74, 6) is 1.09. The van der Waals surface area contributed by atoms with Gasteiger partial charge in [0.1, 0.15) is 5.82 Å². The fraction of sp³-hybridized carbons (Fsp3) is 0.600. The van der Waals surface area contributed by atoms with Crippen LogP contribution in [-0.4, -0.2) is 16.5 Å². The molecule has 1 aromatic rings. The fourth-order valence-corrected chi connectivity index (χ4v) is 2.09. The minimum Gasteiger partial charge on any atom is -0.368 e. The average Bonchev–Trinajstić information content (AvgIpc) is 2.17. The van der Waals surface area contributed by atoms with E-state index in [1.807, 2.05) is 0 Å². The number of hydrogen-bond acceptors (Lipinski definition) is 4. The summed E-state index contributed by atoms with van der Waals surface area (Å²) in [7, 11) is 0. The first kappa shape index (κ1) is 10.7. The molecule has 0 unspecified atom stereocenters. The van der Waals surface area contributed by atoms with Crippen molar-refractivity contribution in [3.05, 3.63) is 10.7 Å². The van der Waals surface area contributed by atoms with Crippen molar-refractivity contribution < 1.29 is 0 Å². The van der Waals surface area contributed by atoms with Crippen molar-refractivity contribution in [2.75, 3.05) is 17.6 Å². The topological polar surface area (TPSA) is 63.8 Å². The fourth-order valence-electron chi connectivity index (χ4n) is 1.76. The maximum Gasteiger partial charge on any atom is 0.221 e. The molecule has 1 heterocycles. The summed E-state index contributed by atoms with van der Waals surface area (Å²) in [6, 6.07) is 0. The van der Waals surface area contributed by atoms with Crippen LogP contribution in [0.1, 0.15) is 26.2 Å². The molecular weight excluding hydrogens is 256 g/mol. The van der Waals surface area contributed by atoms with Gasteiger partial charge in [0.05, 0.1) is 4.47 Å². The summed E-state index contributed by atoms with van der Waals surface area (Å²) in [5.41, 5.74) is 5.96. The highest BCUT2D eigenvalue weighted by Gasteiger charge is 2.31. The number of nitrogens with one attached hydrogen (secondary N) is 1. The molecule has 1 fully saturated rings. The van der Waals surface area contributed by atoms with Crippen molar-refractivity contribution in [3.8, 4) is 0 Å². The minimum absolute atomic E-state index is 0.305. The molecule has 5 heteroatoms. The maximum absolute atomic E-state index is 5.53. The van der Waals surface area contributed by atoms with Gasteiger partial charge in [-0.1, -0.05) is 13.3 Å². The van der Waals surface area contributed by atoms with Crippen molar-refractivity contribution in [1.82, 2.24) is 9.97 Å². The third-order valence-electron chi connectivity index (χ3n) is 3.01. The van der Waals surface area contributed by atoms with Crippen molar-refractivity contribution in [3.63, 3.8) is 0 Å². The number of nitrogens with zero attached hydrogens (tertiary/aromatic N) is 2. The first-order valence-electron chi connectivity index (χ1n) is 5.11. The lowest BCUT2D eigenvalue weighted by Crippen LogP contribution is -2.33. The SMILES string of the molecule is CC1(CNc2nc(N)ncc2Br)CCC1. The smallest absolute Gasteiger partial charge is 0.221 e. The van der Waals surface area contributed by atoms with Crippen LogP contribution in [0.25, 0.3) is 0 Å². The normalized spacial score (nSPS) is 18.3. The van der Waals surface area contributed by atoms with Gasteiger partial charge in [0, 0.05) is 12.7 Å². The second kappa shape index (κ2) is 3.96. The number of rotatable bonds is 3. The molecule has 0 aliphatic heterocycles. The lowest BCUT2D eigenvalue weighted by Gasteiger charge is -2.38. The summed E-state index contributed by atoms with van der Waals surface area (Å²) in [6.07, 6.45) is 5.59. The van der Waals surface area contributed by atoms with Crippen LogP contribution >= 0.6 is 15.9 Å². The molecule has 0 amide bonds. The van der Waals surface area contributed by atoms with Crippen LogP contribution in [-0.2, 0) is 0 Å². The van der Waals surface area contributed by atoms with Crippen LogP contribution < -0.4 is 11.1 Å². The van der Waals surface area contributed by atoms with Gasteiger partial charge in [0.25, 0.3) is 0 Å². The average molecular weight is 271 g/mol. The van der Waals surface area contributed by atoms with E-state index in [0.717, 1.165) is 16.8 Å². The van der Waals surface area contributed by atoms with Crippen molar-refractivity contribution in [2.45, 2.75) is 26.2 Å². The van der Waals surface area contributed by atoms with E-state index in [2.05, 4.69) is 38.1 Å². The van der Waals surface area contributed by atoms with E-state index in [1.54, 1.807) is 6.20 Å². The van der Waals surface area contributed by atoms with E-state index in [0.29, 0.717) is 11.4 Å². The zero-order valence-electron chi connectivity index (χ0n) is 8.76. The minimum atomic E-state index is 0.305. The second-order valence-electron chi connectivity index (χ2n) is 4.44. The largest absolute Gasteiger partial charge is 0.368 e. The highest BCUT2D eigenvalue weighted by molar-refractivity contribution is 9.10. The molecule has 1 aliphatic rings. The molecule has 15 heavy (non-hydrogen) atoms. The van der Waals surface area contributed by atoms with Crippen LogP contribution in [0.5, 0.6) is 0 Å². The molecule has 2 rings (SSSR count). The summed E-state index contributed by atoms with van der Waals surface area (Å²) in [4.78, 5) is 8.04. The van der Waals surface area contributed by atoms with Crippen molar-refractivity contribution in [1.29, 1.82) is 0 Å². The molecule has 0 spiro atoms. The van der Waals surface area contributed by atoms with Crippen LogP contribution in [0.15, 0.2) is 10.7 Å². The lowest BCUT2D eigenvalue weighted by molar-refractivity contribution is 0.180. The van der Waals surface area contributed by atoms with Gasteiger partial charge in [0.2, 0.25) is 5.95 Å². The first-order chi connectivity index (χ1) is 7.09. The van der Waals surface area contributed by atoms with Crippen LogP contribution in [0.3, 0.4) is 0 Å². The van der Waals surface area contributed by atoms with Crippen LogP contribution in [0.2, 0.25) is 0 Å². The van der Waals surface area contributed by atoms with E-state index in [4.69, 9.17) is 5.73 Å². The van der Waals surface area contributed by atoms with Gasteiger partial charge in [-0.3, -0.25) is 0 Å². The summed E-state index contributed by atoms with van der Waals surface area (Å²) >= 11 is 3.40. The Morgan fingerprint density at radius 2 is 2.33 bits per heavy atom. The number of nitrogens with two attached hydrogens (primary N) is 1. The van der Waals surface area contributed by atoms with E-state index >= 15 is 0 Å². The number of anilines is 2. The third kappa shape index (κ3) is 2.40. The Hall–Kier alpha value is -0.840. The molecule has 0 radical (unpaired) electrons. The zero-order valence-corrected chi connectivity index (χ0v) is 10.3. The van der Waals surface area contributed by atoms with Gasteiger partial charge in [0.15, 0.2) is 0 Å². The standard InChI is InChI=1S/C10H15BrN4/c1-10(3-2-4-10)6-14-8-7(11)5-13-9(12)15-8/h5H,2-4,6H2,1H3,(H3,12,13,14,15). The zero-order chi connectivity index (χ0) is 10.9. The van der Waals surface area contributed by atoms with Gasteiger partial charge in [-0.05, 0) is 34.2 Å². The summed E-state index contributed by atoms with van der Waals surface area (Å²) < 4.78 is 0.861. The van der Waals surface area contributed by atoms with Gasteiger partial charge < -0.3 is 11.1 Å². The number of nitrogen functional groups attached to an aromatic ring is 1. The van der Waals surface area contributed by atoms with E-state index in [-0.39, 0.29) is 0 Å².